The normalized spacial score (nSPS) is 12.0. The van der Waals surface area contributed by atoms with E-state index in [4.69, 9.17) is 0 Å². The maximum atomic E-state index is 12.5. The molecule has 0 aromatic heterocycles. The first-order chi connectivity index (χ1) is 17.9. The van der Waals surface area contributed by atoms with Crippen LogP contribution in [0.2, 0.25) is 0 Å². The molecule has 0 aromatic rings. The zero-order valence-electron chi connectivity index (χ0n) is 26.3. The molecule has 0 rings (SSSR count). The molecule has 220 valence electrons. The number of rotatable bonds is 24. The molecular weight excluding hydrogens is 610 g/mol. The van der Waals surface area contributed by atoms with Crippen LogP contribution >= 0.6 is 0 Å². The zero-order chi connectivity index (χ0) is 29.0. The SMILES string of the molecule is CCCCCCCCCCCCCCCCC=CN(C(=O)CC(C(=O)[O-])S(=O)(=O)[O-])C(CC(=O)[O-])C(=O)[O-].[Na+].[Na+].[Na+].[Na+]. The Balaban J connectivity index is -0.00000114. The van der Waals surface area contributed by atoms with Gasteiger partial charge in [0, 0.05) is 25.0 Å². The fraction of sp³-hybridized carbons (Fsp3) is 0.769. The van der Waals surface area contributed by atoms with Crippen LogP contribution in [-0.4, -0.2) is 53.0 Å². The van der Waals surface area contributed by atoms with Crippen LogP contribution in [0.3, 0.4) is 0 Å². The maximum Gasteiger partial charge on any atom is 1.00 e. The van der Waals surface area contributed by atoms with E-state index >= 15 is 0 Å². The quantitative estimate of drug-likeness (QED) is 0.0549. The Bertz CT molecular complexity index is 875. The molecule has 0 aliphatic heterocycles. The molecule has 0 radical (unpaired) electrons. The Morgan fingerprint density at radius 2 is 1.07 bits per heavy atom. The summed E-state index contributed by atoms with van der Waals surface area (Å²) >= 11 is 0. The number of amides is 1. The number of carbonyl (C=O) groups excluding carboxylic acids is 4. The average Bonchev–Trinajstić information content (AvgIpc) is 2.82. The van der Waals surface area contributed by atoms with Crippen molar-refractivity contribution in [2.24, 2.45) is 0 Å². The van der Waals surface area contributed by atoms with Gasteiger partial charge in [-0.25, -0.2) is 8.42 Å². The predicted molar refractivity (Wildman–Crippen MR) is 132 cm³/mol. The van der Waals surface area contributed by atoms with Gasteiger partial charge in [-0.1, -0.05) is 96.5 Å². The van der Waals surface area contributed by atoms with E-state index in [1.165, 1.54) is 63.9 Å². The number of hydrogen-bond donors (Lipinski definition) is 0. The van der Waals surface area contributed by atoms with Crippen molar-refractivity contribution in [3.05, 3.63) is 12.3 Å². The Kier molecular flexibility index (Phi) is 41.0. The molecule has 0 aliphatic carbocycles. The van der Waals surface area contributed by atoms with Gasteiger partial charge in [-0.05, 0) is 12.8 Å². The minimum atomic E-state index is -5.49. The number of allylic oxidation sites excluding steroid dienone is 1. The molecule has 2 unspecified atom stereocenters. The molecule has 0 bridgehead atoms. The van der Waals surface area contributed by atoms with E-state index in [2.05, 4.69) is 6.92 Å². The monoisotopic (exact) mass is 651 g/mol. The molecule has 11 nitrogen and oxygen atoms in total. The van der Waals surface area contributed by atoms with Crippen molar-refractivity contribution >= 4 is 33.9 Å². The predicted octanol–water partition coefficient (Wildman–Crippen LogP) is -11.5. The van der Waals surface area contributed by atoms with Gasteiger partial charge in [0.2, 0.25) is 5.91 Å². The van der Waals surface area contributed by atoms with Gasteiger partial charge in [0.25, 0.3) is 0 Å². The Hall–Kier alpha value is 1.53. The third-order valence-electron chi connectivity index (χ3n) is 6.22. The van der Waals surface area contributed by atoms with Crippen molar-refractivity contribution < 1.29 is 166 Å². The van der Waals surface area contributed by atoms with Gasteiger partial charge in [0.05, 0.1) is 23.2 Å². The summed E-state index contributed by atoms with van der Waals surface area (Å²) in [4.78, 5) is 46.2. The molecule has 2 atom stereocenters. The molecule has 0 aromatic carbocycles. The molecule has 0 saturated carbocycles. The fourth-order valence-corrected chi connectivity index (χ4v) is 4.61. The van der Waals surface area contributed by atoms with Crippen LogP contribution in [0.5, 0.6) is 0 Å². The van der Waals surface area contributed by atoms with Crippen molar-refractivity contribution in [3.63, 3.8) is 0 Å². The molecule has 0 N–H and O–H groups in total. The first kappa shape index (κ1) is 53.0. The van der Waals surface area contributed by atoms with E-state index in [1.54, 1.807) is 0 Å². The van der Waals surface area contributed by atoms with Crippen molar-refractivity contribution in [3.8, 4) is 0 Å². The Morgan fingerprint density at radius 1 is 0.667 bits per heavy atom. The van der Waals surface area contributed by atoms with Gasteiger partial charge >= 0.3 is 118 Å². The van der Waals surface area contributed by atoms with Crippen LogP contribution in [0.25, 0.3) is 0 Å². The van der Waals surface area contributed by atoms with E-state index < -0.39 is 58.1 Å². The molecule has 42 heavy (non-hydrogen) atoms. The van der Waals surface area contributed by atoms with Gasteiger partial charge in [-0.2, -0.15) is 0 Å². The van der Waals surface area contributed by atoms with Gasteiger partial charge in [-0.3, -0.25) is 4.79 Å². The number of nitrogens with zero attached hydrogens (tertiary/aromatic N) is 1. The van der Waals surface area contributed by atoms with Crippen LogP contribution in [0.4, 0.5) is 0 Å². The van der Waals surface area contributed by atoms with Gasteiger partial charge < -0.3 is 39.2 Å². The first-order valence-electron chi connectivity index (χ1n) is 13.5. The van der Waals surface area contributed by atoms with Crippen LogP contribution < -0.4 is 134 Å². The summed E-state index contributed by atoms with van der Waals surface area (Å²) in [6.45, 7) is 2.21. The number of carbonyl (C=O) groups is 4. The molecule has 0 saturated heterocycles. The van der Waals surface area contributed by atoms with E-state index in [1.807, 2.05) is 0 Å². The van der Waals surface area contributed by atoms with Gasteiger partial charge in [-0.15, -0.1) is 0 Å². The first-order valence-corrected chi connectivity index (χ1v) is 14.9. The van der Waals surface area contributed by atoms with E-state index in [0.717, 1.165) is 31.9 Å². The summed E-state index contributed by atoms with van der Waals surface area (Å²) in [6, 6.07) is -2.09. The zero-order valence-corrected chi connectivity index (χ0v) is 35.1. The van der Waals surface area contributed by atoms with Crippen LogP contribution in [0, 0.1) is 0 Å². The van der Waals surface area contributed by atoms with Crippen LogP contribution in [-0.2, 0) is 29.3 Å². The van der Waals surface area contributed by atoms with Crippen molar-refractivity contribution in [2.75, 3.05) is 0 Å². The summed E-state index contributed by atoms with van der Waals surface area (Å²) < 4.78 is 33.4. The number of carboxylic acid groups (broad SMARTS) is 3. The van der Waals surface area contributed by atoms with Gasteiger partial charge in [0.1, 0.15) is 10.1 Å². The van der Waals surface area contributed by atoms with Gasteiger partial charge in [0.15, 0.2) is 0 Å². The summed E-state index contributed by atoms with van der Waals surface area (Å²) in [5, 5.41) is 30.6. The average molecular weight is 652 g/mol. The van der Waals surface area contributed by atoms with Crippen LogP contribution in [0.1, 0.15) is 116 Å². The number of carboxylic acids is 3. The minimum Gasteiger partial charge on any atom is -0.747 e. The smallest absolute Gasteiger partial charge is 0.747 e. The largest absolute Gasteiger partial charge is 1.00 e. The molecule has 0 aliphatic rings. The molecular formula is C26H41NNa4O10S. The second-order valence-corrected chi connectivity index (χ2v) is 11.0. The minimum absolute atomic E-state index is 0. The second-order valence-electron chi connectivity index (χ2n) is 9.49. The van der Waals surface area contributed by atoms with E-state index in [9.17, 15) is 47.5 Å². The van der Waals surface area contributed by atoms with Crippen molar-refractivity contribution in [2.45, 2.75) is 127 Å². The second kappa shape index (κ2) is 32.5. The van der Waals surface area contributed by atoms with E-state index in [-0.39, 0.29) is 118 Å². The fourth-order valence-electron chi connectivity index (χ4n) is 4.03. The molecule has 0 spiro atoms. The number of aliphatic carboxylic acids is 3. The summed E-state index contributed by atoms with van der Waals surface area (Å²) in [5.41, 5.74) is 0. The number of unbranched alkanes of at least 4 members (excludes halogenated alkanes) is 14. The third kappa shape index (κ3) is 27.8. The van der Waals surface area contributed by atoms with E-state index in [0.29, 0.717) is 17.7 Å². The standard InChI is InChI=1S/C26H45NO10S.4Na/c1-2-3-4-5-6-7-8-9-10-11-12-13-14-15-16-17-18-27(21(25(31)32)19-24(29)30)23(28)20-22(26(33)34)38(35,36)37;;;;/h17-18,21-22H,2-16,19-20H2,1H3,(H,29,30)(H,31,32)(H,33,34)(H,35,36,37);;;;/q;4*+1/p-4. The van der Waals surface area contributed by atoms with Crippen LogP contribution in [0.15, 0.2) is 12.3 Å². The Labute approximate surface area is 339 Å². The van der Waals surface area contributed by atoms with Crippen molar-refractivity contribution in [1.29, 1.82) is 0 Å². The summed E-state index contributed by atoms with van der Waals surface area (Å²) in [5.74, 6) is -7.53. The topological polar surface area (TPSA) is 198 Å². The maximum absolute atomic E-state index is 12.5. The molecule has 0 fully saturated rings. The third-order valence-corrected chi connectivity index (χ3v) is 7.27. The molecule has 0 heterocycles. The number of hydrogen-bond acceptors (Lipinski definition) is 10. The molecule has 1 amide bonds. The summed E-state index contributed by atoms with van der Waals surface area (Å²) in [6.07, 6.45) is 16.4. The Morgan fingerprint density at radius 3 is 1.40 bits per heavy atom. The summed E-state index contributed by atoms with van der Waals surface area (Å²) in [7, 11) is -5.49. The van der Waals surface area contributed by atoms with Crippen molar-refractivity contribution in [1.82, 2.24) is 4.90 Å². The molecule has 16 heteroatoms.